The highest BCUT2D eigenvalue weighted by Gasteiger charge is 2.36. The van der Waals surface area contributed by atoms with E-state index in [0.29, 0.717) is 13.1 Å². The summed E-state index contributed by atoms with van der Waals surface area (Å²) < 4.78 is 0. The molecule has 1 heterocycles. The summed E-state index contributed by atoms with van der Waals surface area (Å²) in [6, 6.07) is 1.90. The molecule has 6 nitrogen and oxygen atoms in total. The van der Waals surface area contributed by atoms with Crippen LogP contribution in [0.4, 0.5) is 0 Å². The number of nitriles is 1. The van der Waals surface area contributed by atoms with Crippen molar-refractivity contribution in [2.45, 2.75) is 50.6 Å². The van der Waals surface area contributed by atoms with Crippen molar-refractivity contribution in [3.63, 3.8) is 0 Å². The maximum atomic E-state index is 12.3. The molecule has 6 heteroatoms. The van der Waals surface area contributed by atoms with Crippen molar-refractivity contribution in [3.8, 4) is 6.07 Å². The summed E-state index contributed by atoms with van der Waals surface area (Å²) in [6.45, 7) is 3.27. The van der Waals surface area contributed by atoms with Crippen LogP contribution in [0.5, 0.6) is 0 Å². The lowest BCUT2D eigenvalue weighted by atomic mass is 9.82. The molecule has 1 aliphatic heterocycles. The molecule has 110 valence electrons. The highest BCUT2D eigenvalue weighted by molar-refractivity contribution is 5.84. The minimum absolute atomic E-state index is 0.0523. The highest BCUT2D eigenvalue weighted by atomic mass is 16.2. The van der Waals surface area contributed by atoms with Crippen molar-refractivity contribution in [3.05, 3.63) is 0 Å². The lowest BCUT2D eigenvalue weighted by molar-refractivity contribution is -0.131. The molecule has 0 bridgehead atoms. The van der Waals surface area contributed by atoms with Crippen LogP contribution in [0.15, 0.2) is 0 Å². The number of amides is 2. The van der Waals surface area contributed by atoms with Crippen molar-refractivity contribution in [1.29, 1.82) is 5.26 Å². The molecule has 0 aromatic carbocycles. The standard InChI is InChI=1S/C14H22N4O2/c1-11(18-8-7-16-12(19)9-18)13(20)17-14(10-15)5-3-2-4-6-14/h11H,2-9H2,1H3,(H,16,19)(H,17,20)/t11-/m1/s1. The first-order chi connectivity index (χ1) is 9.56. The van der Waals surface area contributed by atoms with Gasteiger partial charge in [-0.3, -0.25) is 14.5 Å². The maximum Gasteiger partial charge on any atom is 0.238 e. The molecule has 0 unspecified atom stereocenters. The lowest BCUT2D eigenvalue weighted by Crippen LogP contribution is -2.58. The smallest absolute Gasteiger partial charge is 0.238 e. The minimum Gasteiger partial charge on any atom is -0.354 e. The maximum absolute atomic E-state index is 12.3. The molecule has 0 aromatic heterocycles. The van der Waals surface area contributed by atoms with Gasteiger partial charge < -0.3 is 10.6 Å². The Balaban J connectivity index is 1.96. The summed E-state index contributed by atoms with van der Waals surface area (Å²) in [7, 11) is 0. The third kappa shape index (κ3) is 3.28. The number of hydrogen-bond acceptors (Lipinski definition) is 4. The molecule has 0 radical (unpaired) electrons. The van der Waals surface area contributed by atoms with E-state index in [4.69, 9.17) is 0 Å². The first-order valence-electron chi connectivity index (χ1n) is 7.30. The summed E-state index contributed by atoms with van der Waals surface area (Å²) in [4.78, 5) is 25.6. The SMILES string of the molecule is C[C@H](C(=O)NC1(C#N)CCCCC1)N1CCNC(=O)C1. The van der Waals surface area contributed by atoms with Crippen LogP contribution in [0.25, 0.3) is 0 Å². The first kappa shape index (κ1) is 14.8. The van der Waals surface area contributed by atoms with Crippen LogP contribution in [0.3, 0.4) is 0 Å². The van der Waals surface area contributed by atoms with Gasteiger partial charge in [-0.25, -0.2) is 0 Å². The molecular weight excluding hydrogens is 256 g/mol. The second kappa shape index (κ2) is 6.23. The molecular formula is C14H22N4O2. The highest BCUT2D eigenvalue weighted by Crippen LogP contribution is 2.27. The lowest BCUT2D eigenvalue weighted by Gasteiger charge is -2.36. The zero-order chi connectivity index (χ0) is 14.6. The Morgan fingerprint density at radius 1 is 1.45 bits per heavy atom. The predicted molar refractivity (Wildman–Crippen MR) is 73.6 cm³/mol. The number of hydrogen-bond donors (Lipinski definition) is 2. The van der Waals surface area contributed by atoms with Gasteiger partial charge in [0.05, 0.1) is 18.7 Å². The Hall–Kier alpha value is -1.61. The van der Waals surface area contributed by atoms with E-state index in [0.717, 1.165) is 32.1 Å². The first-order valence-corrected chi connectivity index (χ1v) is 7.30. The fraction of sp³-hybridized carbons (Fsp3) is 0.786. The number of nitrogens with one attached hydrogen (secondary N) is 2. The topological polar surface area (TPSA) is 85.2 Å². The number of piperazine rings is 1. The van der Waals surface area contributed by atoms with Crippen LogP contribution >= 0.6 is 0 Å². The summed E-state index contributed by atoms with van der Waals surface area (Å²) in [6.07, 6.45) is 4.54. The molecule has 0 spiro atoms. The molecule has 1 aliphatic carbocycles. The normalized spacial score (nSPS) is 24.3. The van der Waals surface area contributed by atoms with Gasteiger partial charge in [0.1, 0.15) is 5.54 Å². The van der Waals surface area contributed by atoms with Gasteiger partial charge in [0.2, 0.25) is 11.8 Å². The Labute approximate surface area is 119 Å². The molecule has 2 amide bonds. The molecule has 2 N–H and O–H groups in total. The van der Waals surface area contributed by atoms with E-state index < -0.39 is 5.54 Å². The minimum atomic E-state index is -0.707. The number of carbonyl (C=O) groups excluding carboxylic acids is 2. The van der Waals surface area contributed by atoms with Crippen molar-refractivity contribution >= 4 is 11.8 Å². The fourth-order valence-electron chi connectivity index (χ4n) is 2.92. The van der Waals surface area contributed by atoms with Gasteiger partial charge in [-0.05, 0) is 19.8 Å². The van der Waals surface area contributed by atoms with E-state index in [2.05, 4.69) is 16.7 Å². The zero-order valence-corrected chi connectivity index (χ0v) is 11.9. The van der Waals surface area contributed by atoms with E-state index in [1.165, 1.54) is 0 Å². The quantitative estimate of drug-likeness (QED) is 0.769. The molecule has 2 fully saturated rings. The van der Waals surface area contributed by atoms with Gasteiger partial charge in [0, 0.05) is 13.1 Å². The zero-order valence-electron chi connectivity index (χ0n) is 11.9. The summed E-state index contributed by atoms with van der Waals surface area (Å²) >= 11 is 0. The van der Waals surface area contributed by atoms with Gasteiger partial charge in [-0.1, -0.05) is 19.3 Å². The van der Waals surface area contributed by atoms with Crippen molar-refractivity contribution < 1.29 is 9.59 Å². The summed E-state index contributed by atoms with van der Waals surface area (Å²) in [5, 5.41) is 15.0. The molecule has 2 aliphatic rings. The summed E-state index contributed by atoms with van der Waals surface area (Å²) in [5.74, 6) is -0.202. The second-order valence-electron chi connectivity index (χ2n) is 5.74. The van der Waals surface area contributed by atoms with Gasteiger partial charge in [-0.2, -0.15) is 5.26 Å². The average molecular weight is 278 g/mol. The van der Waals surface area contributed by atoms with Crippen LogP contribution in [-0.4, -0.2) is 47.9 Å². The number of nitrogens with zero attached hydrogens (tertiary/aromatic N) is 2. The van der Waals surface area contributed by atoms with E-state index in [9.17, 15) is 14.9 Å². The molecule has 2 rings (SSSR count). The Bertz CT molecular complexity index is 423. The summed E-state index contributed by atoms with van der Waals surface area (Å²) in [5.41, 5.74) is -0.707. The van der Waals surface area contributed by atoms with Crippen LogP contribution in [0, 0.1) is 11.3 Å². The molecule has 0 aromatic rings. The molecule has 1 saturated heterocycles. The van der Waals surface area contributed by atoms with Crippen LogP contribution < -0.4 is 10.6 Å². The second-order valence-corrected chi connectivity index (χ2v) is 5.74. The monoisotopic (exact) mass is 278 g/mol. The van der Waals surface area contributed by atoms with Crippen LogP contribution in [-0.2, 0) is 9.59 Å². The van der Waals surface area contributed by atoms with Gasteiger partial charge in [0.25, 0.3) is 0 Å². The average Bonchev–Trinajstić information content (AvgIpc) is 2.47. The molecule has 1 saturated carbocycles. The molecule has 20 heavy (non-hydrogen) atoms. The van der Waals surface area contributed by atoms with Gasteiger partial charge in [-0.15, -0.1) is 0 Å². The number of carbonyl (C=O) groups is 2. The predicted octanol–water partition coefficient (Wildman–Crippen LogP) is 0.149. The van der Waals surface area contributed by atoms with Crippen LogP contribution in [0.1, 0.15) is 39.0 Å². The van der Waals surface area contributed by atoms with Gasteiger partial charge >= 0.3 is 0 Å². The van der Waals surface area contributed by atoms with E-state index in [-0.39, 0.29) is 24.4 Å². The Kier molecular flexibility index (Phi) is 4.61. The largest absolute Gasteiger partial charge is 0.354 e. The van der Waals surface area contributed by atoms with E-state index >= 15 is 0 Å². The Morgan fingerprint density at radius 2 is 2.15 bits per heavy atom. The molecule has 1 atom stereocenters. The van der Waals surface area contributed by atoms with Crippen molar-refractivity contribution in [1.82, 2.24) is 15.5 Å². The fourth-order valence-corrected chi connectivity index (χ4v) is 2.92. The van der Waals surface area contributed by atoms with E-state index in [1.807, 2.05) is 4.90 Å². The van der Waals surface area contributed by atoms with Gasteiger partial charge in [0.15, 0.2) is 0 Å². The van der Waals surface area contributed by atoms with E-state index in [1.54, 1.807) is 6.92 Å². The third-order valence-electron chi connectivity index (χ3n) is 4.28. The number of rotatable bonds is 3. The third-order valence-corrected chi connectivity index (χ3v) is 4.28. The Morgan fingerprint density at radius 3 is 2.75 bits per heavy atom. The van der Waals surface area contributed by atoms with Crippen molar-refractivity contribution in [2.75, 3.05) is 19.6 Å². The van der Waals surface area contributed by atoms with Crippen molar-refractivity contribution in [2.24, 2.45) is 0 Å². The van der Waals surface area contributed by atoms with Crippen LogP contribution in [0.2, 0.25) is 0 Å².